The van der Waals surface area contributed by atoms with Crippen LogP contribution in [0.2, 0.25) is 0 Å². The van der Waals surface area contributed by atoms with Gasteiger partial charge < -0.3 is 8.92 Å². The van der Waals surface area contributed by atoms with Gasteiger partial charge in [-0.25, -0.2) is 0 Å². The summed E-state index contributed by atoms with van der Waals surface area (Å²) in [5, 5.41) is 0. The molecule has 0 radical (unpaired) electrons. The van der Waals surface area contributed by atoms with Crippen molar-refractivity contribution in [3.63, 3.8) is 0 Å². The normalized spacial score (nSPS) is 11.9. The standard InChI is InChI=1S/C14H15F3O6S/c1-8-6-9(2)13(10(18)4-5-12(19)22-3)11(7-8)23-24(20,21)14(15,16)17/h6-7H,4-5H2,1-3H3. The molecule has 0 unspecified atom stereocenters. The van der Waals surface area contributed by atoms with E-state index in [0.717, 1.165) is 13.2 Å². The molecule has 0 aliphatic rings. The van der Waals surface area contributed by atoms with Crippen LogP contribution >= 0.6 is 0 Å². The molecular weight excluding hydrogens is 353 g/mol. The molecule has 0 fully saturated rings. The van der Waals surface area contributed by atoms with Gasteiger partial charge in [-0.1, -0.05) is 6.07 Å². The van der Waals surface area contributed by atoms with Gasteiger partial charge in [0.2, 0.25) is 0 Å². The molecule has 1 aromatic carbocycles. The van der Waals surface area contributed by atoms with Crippen LogP contribution in [0, 0.1) is 13.8 Å². The maximum atomic E-state index is 12.5. The first kappa shape index (κ1) is 19.9. The van der Waals surface area contributed by atoms with Gasteiger partial charge >= 0.3 is 21.6 Å². The van der Waals surface area contributed by atoms with Crippen LogP contribution in [-0.2, 0) is 19.6 Å². The Labute approximate surface area is 136 Å². The highest BCUT2D eigenvalue weighted by Gasteiger charge is 2.49. The van der Waals surface area contributed by atoms with Crippen LogP contribution in [0.1, 0.15) is 34.3 Å². The SMILES string of the molecule is COC(=O)CCC(=O)c1c(C)cc(C)cc1OS(=O)(=O)C(F)(F)F. The summed E-state index contributed by atoms with van der Waals surface area (Å²) in [5.74, 6) is -2.14. The van der Waals surface area contributed by atoms with Gasteiger partial charge in [0.25, 0.3) is 0 Å². The molecule has 6 nitrogen and oxygen atoms in total. The van der Waals surface area contributed by atoms with Crippen LogP contribution in [0.25, 0.3) is 0 Å². The summed E-state index contributed by atoms with van der Waals surface area (Å²) < 4.78 is 68.4. The molecule has 0 aromatic heterocycles. The maximum absolute atomic E-state index is 12.5. The van der Waals surface area contributed by atoms with Gasteiger partial charge in [-0.15, -0.1) is 0 Å². The quantitative estimate of drug-likeness (QED) is 0.332. The first-order chi connectivity index (χ1) is 10.9. The molecule has 0 saturated heterocycles. The van der Waals surface area contributed by atoms with E-state index in [0.29, 0.717) is 5.56 Å². The fourth-order valence-corrected chi connectivity index (χ4v) is 2.42. The van der Waals surface area contributed by atoms with Gasteiger partial charge in [-0.05, 0) is 31.0 Å². The summed E-state index contributed by atoms with van der Waals surface area (Å²) in [6.45, 7) is 2.92. The van der Waals surface area contributed by atoms with Crippen molar-refractivity contribution < 1.29 is 40.1 Å². The molecular formula is C14H15F3O6S. The van der Waals surface area contributed by atoms with E-state index in [-0.39, 0.29) is 24.0 Å². The van der Waals surface area contributed by atoms with Crippen molar-refractivity contribution in [1.82, 2.24) is 0 Å². The highest BCUT2D eigenvalue weighted by molar-refractivity contribution is 7.88. The average Bonchev–Trinajstić information content (AvgIpc) is 2.42. The predicted octanol–water partition coefficient (Wildman–Crippen LogP) is 2.67. The first-order valence-electron chi connectivity index (χ1n) is 6.61. The van der Waals surface area contributed by atoms with Crippen LogP contribution in [0.3, 0.4) is 0 Å². The molecule has 24 heavy (non-hydrogen) atoms. The number of carbonyl (C=O) groups excluding carboxylic acids is 2. The molecule has 0 amide bonds. The van der Waals surface area contributed by atoms with Gasteiger partial charge in [-0.3, -0.25) is 9.59 Å². The lowest BCUT2D eigenvalue weighted by atomic mass is 9.98. The first-order valence-corrected chi connectivity index (χ1v) is 8.02. The van der Waals surface area contributed by atoms with E-state index in [1.807, 2.05) is 0 Å². The second-order valence-electron chi connectivity index (χ2n) is 4.94. The van der Waals surface area contributed by atoms with Crippen molar-refractivity contribution in [2.45, 2.75) is 32.2 Å². The highest BCUT2D eigenvalue weighted by atomic mass is 32.2. The van der Waals surface area contributed by atoms with E-state index in [9.17, 15) is 31.2 Å². The van der Waals surface area contributed by atoms with E-state index in [1.165, 1.54) is 19.9 Å². The van der Waals surface area contributed by atoms with Crippen LogP contribution in [0.5, 0.6) is 5.75 Å². The Hall–Kier alpha value is -2.10. The number of esters is 1. The summed E-state index contributed by atoms with van der Waals surface area (Å²) in [6.07, 6.45) is -0.660. The van der Waals surface area contributed by atoms with Gasteiger partial charge in [0.05, 0.1) is 19.1 Å². The number of halogens is 3. The van der Waals surface area contributed by atoms with Crippen molar-refractivity contribution in [2.24, 2.45) is 0 Å². The second-order valence-corrected chi connectivity index (χ2v) is 6.48. The summed E-state index contributed by atoms with van der Waals surface area (Å²) in [5.41, 5.74) is -5.31. The maximum Gasteiger partial charge on any atom is 0.534 e. The zero-order chi connectivity index (χ0) is 18.7. The molecule has 0 aliphatic carbocycles. The Kier molecular flexibility index (Phi) is 5.99. The highest BCUT2D eigenvalue weighted by Crippen LogP contribution is 2.32. The van der Waals surface area contributed by atoms with E-state index >= 15 is 0 Å². The molecule has 1 aromatic rings. The van der Waals surface area contributed by atoms with E-state index in [1.54, 1.807) is 0 Å². The predicted molar refractivity (Wildman–Crippen MR) is 77.1 cm³/mol. The molecule has 0 N–H and O–H groups in total. The largest absolute Gasteiger partial charge is 0.534 e. The number of hydrogen-bond acceptors (Lipinski definition) is 6. The minimum Gasteiger partial charge on any atom is -0.469 e. The number of Topliss-reactive ketones (excluding diaryl/α,β-unsaturated/α-hetero) is 1. The number of carbonyl (C=O) groups is 2. The summed E-state index contributed by atoms with van der Waals surface area (Å²) in [7, 11) is -4.80. The van der Waals surface area contributed by atoms with Crippen LogP contribution in [0.15, 0.2) is 12.1 Å². The Balaban J connectivity index is 3.26. The lowest BCUT2D eigenvalue weighted by Crippen LogP contribution is -2.28. The van der Waals surface area contributed by atoms with E-state index in [2.05, 4.69) is 8.92 Å². The van der Waals surface area contributed by atoms with Gasteiger partial charge in [0, 0.05) is 6.42 Å². The second kappa shape index (κ2) is 7.20. The molecule has 0 spiro atoms. The lowest BCUT2D eigenvalue weighted by Gasteiger charge is -2.15. The minimum atomic E-state index is -5.92. The Bertz CT molecular complexity index is 753. The third-order valence-electron chi connectivity index (χ3n) is 2.99. The van der Waals surface area contributed by atoms with Crippen LogP contribution in [0.4, 0.5) is 13.2 Å². The number of hydrogen-bond donors (Lipinski definition) is 0. The van der Waals surface area contributed by atoms with E-state index < -0.39 is 33.1 Å². The average molecular weight is 368 g/mol. The summed E-state index contributed by atoms with van der Waals surface area (Å²) in [4.78, 5) is 23.3. The smallest absolute Gasteiger partial charge is 0.469 e. The van der Waals surface area contributed by atoms with Crippen molar-refractivity contribution in [3.05, 3.63) is 28.8 Å². The summed E-state index contributed by atoms with van der Waals surface area (Å²) >= 11 is 0. The van der Waals surface area contributed by atoms with Crippen LogP contribution in [-0.4, -0.2) is 32.8 Å². The fraction of sp³-hybridized carbons (Fsp3) is 0.429. The van der Waals surface area contributed by atoms with Crippen molar-refractivity contribution in [3.8, 4) is 5.75 Å². The molecule has 10 heteroatoms. The number of ether oxygens (including phenoxy) is 1. The number of benzene rings is 1. The number of methoxy groups -OCH3 is 1. The number of alkyl halides is 3. The van der Waals surface area contributed by atoms with Crippen molar-refractivity contribution in [1.29, 1.82) is 0 Å². The van der Waals surface area contributed by atoms with Gasteiger partial charge in [0.15, 0.2) is 11.5 Å². The lowest BCUT2D eigenvalue weighted by molar-refractivity contribution is -0.140. The van der Waals surface area contributed by atoms with Crippen molar-refractivity contribution >= 4 is 21.9 Å². The van der Waals surface area contributed by atoms with Crippen LogP contribution < -0.4 is 4.18 Å². The third kappa shape index (κ3) is 4.70. The third-order valence-corrected chi connectivity index (χ3v) is 3.96. The molecule has 0 atom stereocenters. The molecule has 134 valence electrons. The summed E-state index contributed by atoms with van der Waals surface area (Å²) in [6, 6.07) is 2.50. The number of ketones is 1. The van der Waals surface area contributed by atoms with Gasteiger partial charge in [-0.2, -0.15) is 21.6 Å². The molecule has 0 bridgehead atoms. The number of rotatable bonds is 6. The Morgan fingerprint density at radius 1 is 1.12 bits per heavy atom. The van der Waals surface area contributed by atoms with Crippen molar-refractivity contribution in [2.75, 3.05) is 7.11 Å². The monoisotopic (exact) mass is 368 g/mol. The zero-order valence-corrected chi connectivity index (χ0v) is 13.9. The Morgan fingerprint density at radius 3 is 2.21 bits per heavy atom. The molecule has 0 aliphatic heterocycles. The Morgan fingerprint density at radius 2 is 1.71 bits per heavy atom. The zero-order valence-electron chi connectivity index (χ0n) is 13.1. The van der Waals surface area contributed by atoms with Gasteiger partial charge in [0.1, 0.15) is 0 Å². The topological polar surface area (TPSA) is 86.7 Å². The molecule has 1 rings (SSSR count). The fourth-order valence-electron chi connectivity index (χ4n) is 1.96. The van der Waals surface area contributed by atoms with E-state index in [4.69, 9.17) is 0 Å². The number of aryl methyl sites for hydroxylation is 2. The molecule has 0 heterocycles. The molecule has 0 saturated carbocycles. The minimum absolute atomic E-state index is 0.234.